The monoisotopic (exact) mass is 495 g/mol. The number of carbonyl (C=O) groups excluding carboxylic acids is 2. The van der Waals surface area contributed by atoms with Gasteiger partial charge in [-0.1, -0.05) is 54.6 Å². The largest absolute Gasteiger partial charge is 0.496 e. The number of hydrogen-bond acceptors (Lipinski definition) is 4. The number of carbonyl (C=O) groups is 2. The van der Waals surface area contributed by atoms with Crippen molar-refractivity contribution in [1.82, 2.24) is 14.8 Å². The maximum absolute atomic E-state index is 14.0. The van der Waals surface area contributed by atoms with Gasteiger partial charge in [0, 0.05) is 40.7 Å². The lowest BCUT2D eigenvalue weighted by Crippen LogP contribution is -2.62. The van der Waals surface area contributed by atoms with Crippen molar-refractivity contribution in [2.45, 2.75) is 32.0 Å². The molecule has 2 atom stereocenters. The highest BCUT2D eigenvalue weighted by Crippen LogP contribution is 2.45. The van der Waals surface area contributed by atoms with Crippen LogP contribution in [0.4, 0.5) is 0 Å². The summed E-state index contributed by atoms with van der Waals surface area (Å²) in [6.45, 7) is 2.78. The lowest BCUT2D eigenvalue weighted by Gasteiger charge is -2.47. The van der Waals surface area contributed by atoms with E-state index in [0.29, 0.717) is 25.3 Å². The Kier molecular flexibility index (Phi) is 5.83. The van der Waals surface area contributed by atoms with Crippen molar-refractivity contribution in [2.24, 2.45) is 0 Å². The second-order valence-corrected chi connectivity index (χ2v) is 9.46. The topological polar surface area (TPSA) is 74.9 Å². The summed E-state index contributed by atoms with van der Waals surface area (Å²) in [4.78, 5) is 34.9. The van der Waals surface area contributed by atoms with Crippen molar-refractivity contribution >= 4 is 22.7 Å². The van der Waals surface area contributed by atoms with Crippen LogP contribution in [0.1, 0.15) is 35.3 Å². The molecule has 0 spiro atoms. The number of hydrogen-bond donors (Lipinski definition) is 1. The first-order chi connectivity index (χ1) is 18.1. The van der Waals surface area contributed by atoms with Crippen molar-refractivity contribution in [3.05, 3.63) is 95.2 Å². The summed E-state index contributed by atoms with van der Waals surface area (Å²) >= 11 is 0. The normalized spacial score (nSPS) is 19.1. The maximum atomic E-state index is 14.0. The lowest BCUT2D eigenvalue weighted by molar-refractivity contribution is -0.159. The summed E-state index contributed by atoms with van der Waals surface area (Å²) < 4.78 is 11.5. The summed E-state index contributed by atoms with van der Waals surface area (Å²) in [6, 6.07) is 22.5. The van der Waals surface area contributed by atoms with Gasteiger partial charge in [0.05, 0.1) is 13.7 Å². The first-order valence-corrected chi connectivity index (χ1v) is 12.6. The van der Waals surface area contributed by atoms with E-state index in [0.717, 1.165) is 39.0 Å². The Hall–Kier alpha value is -4.26. The van der Waals surface area contributed by atoms with E-state index in [-0.39, 0.29) is 18.4 Å². The number of nitrogens with zero attached hydrogens (tertiary/aromatic N) is 2. The molecule has 0 saturated carbocycles. The molecule has 3 heterocycles. The average Bonchev–Trinajstić information content (AvgIpc) is 3.30. The van der Waals surface area contributed by atoms with Crippen molar-refractivity contribution in [3.8, 4) is 11.5 Å². The molecule has 0 unspecified atom stereocenters. The molecule has 1 saturated heterocycles. The first-order valence-electron chi connectivity index (χ1n) is 12.6. The highest BCUT2D eigenvalue weighted by molar-refractivity contribution is 5.97. The third kappa shape index (κ3) is 3.82. The van der Waals surface area contributed by atoms with Gasteiger partial charge >= 0.3 is 0 Å². The number of aromatic nitrogens is 1. The number of methoxy groups -OCH3 is 1. The third-order valence-corrected chi connectivity index (χ3v) is 7.41. The van der Waals surface area contributed by atoms with Gasteiger partial charge in [-0.15, -0.1) is 0 Å². The van der Waals surface area contributed by atoms with Gasteiger partial charge in [-0.25, -0.2) is 0 Å². The molecule has 0 bridgehead atoms. The van der Waals surface area contributed by atoms with E-state index in [1.54, 1.807) is 16.9 Å². The number of benzene rings is 3. The number of rotatable bonds is 6. The minimum Gasteiger partial charge on any atom is -0.496 e. The molecule has 6 rings (SSSR count). The SMILES string of the molecule is CCOc1ccccc1[C@H]1c2[nH]c3ccccc3c2C[C@H]2C(=O)N(Cc3ccccc3OC)CC(=O)N12. The summed E-state index contributed by atoms with van der Waals surface area (Å²) in [6.07, 6.45) is 0.458. The Balaban J connectivity index is 1.46. The zero-order chi connectivity index (χ0) is 25.5. The van der Waals surface area contributed by atoms with E-state index in [1.165, 1.54) is 0 Å². The minimum absolute atomic E-state index is 0.0102. The van der Waals surface area contributed by atoms with Crippen LogP contribution < -0.4 is 9.47 Å². The van der Waals surface area contributed by atoms with Crippen LogP contribution in [0.25, 0.3) is 10.9 Å². The van der Waals surface area contributed by atoms with Crippen LogP contribution in [0, 0.1) is 0 Å². The zero-order valence-electron chi connectivity index (χ0n) is 20.9. The van der Waals surface area contributed by atoms with Gasteiger partial charge in [-0.05, 0) is 30.7 Å². The van der Waals surface area contributed by atoms with Crippen LogP contribution in [-0.4, -0.2) is 52.9 Å². The van der Waals surface area contributed by atoms with Gasteiger partial charge < -0.3 is 24.3 Å². The Morgan fingerprint density at radius 3 is 2.49 bits per heavy atom. The molecule has 188 valence electrons. The van der Waals surface area contributed by atoms with Gasteiger partial charge in [0.2, 0.25) is 11.8 Å². The molecule has 2 aliphatic rings. The van der Waals surface area contributed by atoms with Crippen LogP contribution in [-0.2, 0) is 22.6 Å². The van der Waals surface area contributed by atoms with E-state index in [1.807, 2.05) is 73.7 Å². The number of para-hydroxylation sites is 3. The van der Waals surface area contributed by atoms with E-state index >= 15 is 0 Å². The number of piperazine rings is 1. The molecule has 2 aliphatic heterocycles. The standard InChI is InChI=1S/C30H29N3O4/c1-3-37-26-15-9-6-12-21(26)29-28-22(20-11-5-7-13-23(20)31-28)16-24-30(35)32(18-27(34)33(24)29)17-19-10-4-8-14-25(19)36-2/h4-15,24,29,31H,3,16-18H2,1-2H3/t24-,29-/m0/s1. The lowest BCUT2D eigenvalue weighted by atomic mass is 9.85. The van der Waals surface area contributed by atoms with Gasteiger partial charge in [-0.2, -0.15) is 0 Å². The summed E-state index contributed by atoms with van der Waals surface area (Å²) in [5.74, 6) is 1.29. The molecule has 1 N–H and O–H groups in total. The molecule has 2 amide bonds. The van der Waals surface area contributed by atoms with Crippen molar-refractivity contribution in [3.63, 3.8) is 0 Å². The Morgan fingerprint density at radius 1 is 0.946 bits per heavy atom. The van der Waals surface area contributed by atoms with Crippen molar-refractivity contribution < 1.29 is 19.1 Å². The highest BCUT2D eigenvalue weighted by atomic mass is 16.5. The van der Waals surface area contributed by atoms with Crippen LogP contribution in [0.5, 0.6) is 11.5 Å². The Morgan fingerprint density at radius 2 is 1.68 bits per heavy atom. The molecule has 0 radical (unpaired) electrons. The van der Waals surface area contributed by atoms with E-state index in [2.05, 4.69) is 11.1 Å². The molecular formula is C30H29N3O4. The second kappa shape index (κ2) is 9.32. The van der Waals surface area contributed by atoms with E-state index in [4.69, 9.17) is 9.47 Å². The van der Waals surface area contributed by atoms with Crippen LogP contribution >= 0.6 is 0 Å². The van der Waals surface area contributed by atoms with Crippen LogP contribution in [0.15, 0.2) is 72.8 Å². The number of ether oxygens (including phenoxy) is 2. The number of aromatic amines is 1. The van der Waals surface area contributed by atoms with Crippen LogP contribution in [0.3, 0.4) is 0 Å². The molecule has 7 heteroatoms. The second-order valence-electron chi connectivity index (χ2n) is 9.46. The quantitative estimate of drug-likeness (QED) is 0.429. The fraction of sp³-hybridized carbons (Fsp3) is 0.267. The van der Waals surface area contributed by atoms with Gasteiger partial charge in [0.25, 0.3) is 0 Å². The molecule has 7 nitrogen and oxygen atoms in total. The Labute approximate surface area is 215 Å². The molecule has 0 aliphatic carbocycles. The number of fused-ring (bicyclic) bond motifs is 4. The fourth-order valence-corrected chi connectivity index (χ4v) is 5.81. The number of nitrogens with one attached hydrogen (secondary N) is 1. The van der Waals surface area contributed by atoms with Gasteiger partial charge in [0.1, 0.15) is 30.1 Å². The van der Waals surface area contributed by atoms with Crippen molar-refractivity contribution in [2.75, 3.05) is 20.3 Å². The zero-order valence-corrected chi connectivity index (χ0v) is 20.9. The smallest absolute Gasteiger partial charge is 0.246 e. The maximum Gasteiger partial charge on any atom is 0.246 e. The number of amides is 2. The molecule has 1 aromatic heterocycles. The first kappa shape index (κ1) is 23.2. The average molecular weight is 496 g/mol. The summed E-state index contributed by atoms with van der Waals surface area (Å²) in [5, 5.41) is 1.08. The van der Waals surface area contributed by atoms with Crippen LogP contribution in [0.2, 0.25) is 0 Å². The predicted octanol–water partition coefficient (Wildman–Crippen LogP) is 4.46. The molecular weight excluding hydrogens is 466 g/mol. The fourth-order valence-electron chi connectivity index (χ4n) is 5.81. The van der Waals surface area contributed by atoms with Gasteiger partial charge in [-0.3, -0.25) is 9.59 Å². The molecule has 4 aromatic rings. The molecule has 3 aromatic carbocycles. The molecule has 37 heavy (non-hydrogen) atoms. The summed E-state index contributed by atoms with van der Waals surface area (Å²) in [5.41, 5.74) is 4.78. The number of H-pyrrole nitrogens is 1. The molecule has 1 fully saturated rings. The Bertz CT molecular complexity index is 1490. The van der Waals surface area contributed by atoms with Gasteiger partial charge in [0.15, 0.2) is 0 Å². The summed E-state index contributed by atoms with van der Waals surface area (Å²) in [7, 11) is 1.61. The van der Waals surface area contributed by atoms with E-state index < -0.39 is 12.1 Å². The predicted molar refractivity (Wildman–Crippen MR) is 141 cm³/mol. The third-order valence-electron chi connectivity index (χ3n) is 7.41. The van der Waals surface area contributed by atoms with Crippen molar-refractivity contribution in [1.29, 1.82) is 0 Å². The highest BCUT2D eigenvalue weighted by Gasteiger charge is 2.48. The minimum atomic E-state index is -0.609. The van der Waals surface area contributed by atoms with E-state index in [9.17, 15) is 9.59 Å².